The minimum Gasteiger partial charge on any atom is -0.508 e. The number of phenols is 2. The van der Waals surface area contributed by atoms with E-state index in [1.807, 2.05) is 25.8 Å². The van der Waals surface area contributed by atoms with E-state index in [2.05, 4.69) is 15.6 Å². The summed E-state index contributed by atoms with van der Waals surface area (Å²) in [6.07, 6.45) is -11.2. The number of amides is 3. The van der Waals surface area contributed by atoms with E-state index in [4.69, 9.17) is 39.2 Å². The molecule has 99 heavy (non-hydrogen) atoms. The molecule has 4 aromatic rings. The van der Waals surface area contributed by atoms with Crippen molar-refractivity contribution in [1.82, 2.24) is 20.5 Å². The summed E-state index contributed by atoms with van der Waals surface area (Å²) in [5.74, 6) is -9.42. The summed E-state index contributed by atoms with van der Waals surface area (Å²) in [6, 6.07) is 19.7. The highest BCUT2D eigenvalue weighted by Gasteiger charge is 2.78. The second-order valence-corrected chi connectivity index (χ2v) is 28.1. The van der Waals surface area contributed by atoms with Gasteiger partial charge in [0.2, 0.25) is 12.0 Å². The Hall–Kier alpha value is -9.31. The van der Waals surface area contributed by atoms with Crippen LogP contribution in [0.1, 0.15) is 154 Å². The van der Waals surface area contributed by atoms with Crippen LogP contribution in [-0.2, 0) is 57.2 Å². The number of phenolic OH excluding ortho intramolecular Hbond substituents is 2. The van der Waals surface area contributed by atoms with Gasteiger partial charge in [0.15, 0.2) is 17.2 Å². The standard InChI is InChI=1S/C72H90N8O19/c1-13-75-64(89)63(74)80(62(73)46-32-45(38(2)3)47(82)33-48(46)83)44-24-25-52(76-36-44)78(12)43-28-30-79(31-29-43)53(85)26-27-54(86)96-58(56(41-20-16-14-17-21-41)77-67(92)99-68(6,7)8)66(91)95-49-35-72(93)61(97-65(90)42-22-18-15-19-23-42)59-70(11,60(88)57(87)55(39(49)4)69(72,9)10)50(84)34-51-71(59,37-94-51)98-40(5)81/h14-25,32-33,36,38,43,49-51,56-59,61,73-74,82-84,87,93H,13,26-31,34-35,37H2,1-12H3,(H,75,89)(H,77,92)/t49?,50-,51?,56-,57+,58+,59-,61-,70+,71?,72+/m1/s1. The summed E-state index contributed by atoms with van der Waals surface area (Å²) in [5.41, 5.74) is -8.64. The summed E-state index contributed by atoms with van der Waals surface area (Å²) in [4.78, 5) is 123. The number of aromatic hydroxyl groups is 2. The Morgan fingerprint density at radius 1 is 0.889 bits per heavy atom. The molecule has 9 N–H and O–H groups in total. The third-order valence-electron chi connectivity index (χ3n) is 20.1. The van der Waals surface area contributed by atoms with Crippen LogP contribution in [0.2, 0.25) is 0 Å². The zero-order chi connectivity index (χ0) is 72.6. The number of aromatic nitrogens is 1. The van der Waals surface area contributed by atoms with Gasteiger partial charge in [0, 0.05) is 70.4 Å². The average molecular weight is 1370 g/mol. The van der Waals surface area contributed by atoms with Gasteiger partial charge in [-0.2, -0.15) is 0 Å². The second-order valence-electron chi connectivity index (χ2n) is 28.1. The van der Waals surface area contributed by atoms with Gasteiger partial charge in [-0.25, -0.2) is 19.4 Å². The number of pyridine rings is 1. The van der Waals surface area contributed by atoms with Crippen molar-refractivity contribution in [2.75, 3.05) is 43.1 Å². The number of nitrogens with zero attached hydrogens (tertiary/aromatic N) is 4. The highest BCUT2D eigenvalue weighted by molar-refractivity contribution is 6.48. The van der Waals surface area contributed by atoms with Gasteiger partial charge in [-0.05, 0) is 113 Å². The lowest BCUT2D eigenvalue weighted by Gasteiger charge is -2.67. The van der Waals surface area contributed by atoms with Gasteiger partial charge < -0.3 is 74.4 Å². The first-order chi connectivity index (χ1) is 46.5. The molecule has 27 nitrogen and oxygen atoms in total. The van der Waals surface area contributed by atoms with Crippen LogP contribution in [-0.4, -0.2) is 187 Å². The van der Waals surface area contributed by atoms with Crippen molar-refractivity contribution in [2.45, 2.75) is 186 Å². The lowest BCUT2D eigenvalue weighted by Crippen LogP contribution is -2.81. The molecule has 5 aliphatic rings. The van der Waals surface area contributed by atoms with E-state index < -0.39 is 160 Å². The fourth-order valence-corrected chi connectivity index (χ4v) is 14.7. The number of likely N-dealkylation sites (tertiary alicyclic amines) is 1. The van der Waals surface area contributed by atoms with Gasteiger partial charge in [-0.1, -0.05) is 76.2 Å². The summed E-state index contributed by atoms with van der Waals surface area (Å²) in [7, 11) is 1.81. The molecule has 27 heteroatoms. The number of Topliss-reactive ketones (excluding diaryl/α,β-unsaturated/α-hetero) is 1. The molecule has 2 saturated carbocycles. The number of likely N-dealkylation sites (N-methyl/N-ethyl adjacent to an activating group) is 1. The van der Waals surface area contributed by atoms with E-state index in [1.165, 1.54) is 52.1 Å². The minimum absolute atomic E-state index is 0.0173. The Kier molecular flexibility index (Phi) is 21.6. The maximum absolute atomic E-state index is 15.5. The van der Waals surface area contributed by atoms with E-state index in [1.54, 1.807) is 93.3 Å². The van der Waals surface area contributed by atoms with Crippen molar-refractivity contribution < 1.29 is 92.3 Å². The molecular formula is C72H90N8O19. The lowest BCUT2D eigenvalue weighted by atomic mass is 9.44. The first-order valence-electron chi connectivity index (χ1n) is 33.1. The number of hydrogen-bond donors (Lipinski definition) is 9. The molecule has 1 aromatic heterocycles. The smallest absolute Gasteiger partial charge is 0.408 e. The van der Waals surface area contributed by atoms with Crippen molar-refractivity contribution in [2.24, 2.45) is 16.7 Å². The predicted octanol–water partition coefficient (Wildman–Crippen LogP) is 6.59. The van der Waals surface area contributed by atoms with Crippen LogP contribution in [0.15, 0.2) is 102 Å². The number of ketones is 1. The fourth-order valence-electron chi connectivity index (χ4n) is 14.7. The number of benzene rings is 3. The molecule has 3 heterocycles. The summed E-state index contributed by atoms with van der Waals surface area (Å²) < 4.78 is 36.6. The topological polar surface area (TPSA) is 387 Å². The Balaban J connectivity index is 0.966. The molecular weight excluding hydrogens is 1280 g/mol. The zero-order valence-corrected chi connectivity index (χ0v) is 57.7. The Labute approximate surface area is 574 Å². The van der Waals surface area contributed by atoms with Gasteiger partial charge >= 0.3 is 30.0 Å². The molecule has 0 spiro atoms. The third-order valence-corrected chi connectivity index (χ3v) is 20.1. The maximum atomic E-state index is 15.5. The number of carbonyl (C=O) groups is 8. The number of esters is 4. The number of hydrogen-bond acceptors (Lipinski definition) is 23. The van der Waals surface area contributed by atoms with Crippen LogP contribution in [0.25, 0.3) is 0 Å². The quantitative estimate of drug-likeness (QED) is 0.0167. The number of fused-ring (bicyclic) bond motifs is 5. The second kappa shape index (κ2) is 28.9. The van der Waals surface area contributed by atoms with Crippen molar-refractivity contribution in [1.29, 1.82) is 10.8 Å². The number of carbonyl (C=O) groups excluding carboxylic acids is 8. The number of ether oxygens (including phenoxy) is 6. The molecule has 11 atom stereocenters. The van der Waals surface area contributed by atoms with E-state index in [0.29, 0.717) is 24.2 Å². The van der Waals surface area contributed by atoms with Crippen LogP contribution in [0.4, 0.5) is 16.3 Å². The van der Waals surface area contributed by atoms with Crippen molar-refractivity contribution in [3.8, 4) is 11.5 Å². The fraction of sp³-hybridized carbons (Fsp3) is 0.514. The molecule has 3 amide bonds. The van der Waals surface area contributed by atoms with Gasteiger partial charge in [0.1, 0.15) is 64.8 Å². The molecule has 2 aliphatic heterocycles. The molecule has 3 unspecified atom stereocenters. The molecule has 532 valence electrons. The Morgan fingerprint density at radius 2 is 1.54 bits per heavy atom. The van der Waals surface area contributed by atoms with Crippen LogP contribution in [0.3, 0.4) is 0 Å². The molecule has 2 saturated heterocycles. The predicted molar refractivity (Wildman–Crippen MR) is 359 cm³/mol. The highest BCUT2D eigenvalue weighted by Crippen LogP contribution is 2.64. The van der Waals surface area contributed by atoms with Crippen LogP contribution in [0.5, 0.6) is 11.5 Å². The van der Waals surface area contributed by atoms with Gasteiger partial charge in [0.25, 0.3) is 5.91 Å². The number of amidine groups is 2. The van der Waals surface area contributed by atoms with E-state index >= 15 is 9.59 Å². The molecule has 3 aromatic carbocycles. The molecule has 2 bridgehead atoms. The largest absolute Gasteiger partial charge is 0.508 e. The van der Waals surface area contributed by atoms with Crippen LogP contribution in [0, 0.1) is 27.6 Å². The molecule has 4 fully saturated rings. The Bertz CT molecular complexity index is 3810. The average Bonchev–Trinajstić information content (AvgIpc) is 0.670. The van der Waals surface area contributed by atoms with Crippen molar-refractivity contribution in [3.63, 3.8) is 0 Å². The zero-order valence-electron chi connectivity index (χ0n) is 57.7. The maximum Gasteiger partial charge on any atom is 0.408 e. The SMILES string of the molecule is CCNC(=O)C(=N)N(C(=N)c1cc(C(C)C)c(O)cc1O)c1ccc(N(C)C2CCN(C(=O)CCC(=O)O[C@H](C(=O)OC3C[C@]4(O)[C@H](OC(=O)c5ccccc5)[C@H]5C6(OC(C)=O)COC6C[C@@H](O)[C@]5(C)C(=O)[C@@H](O)C(=C3C)C4(C)C)[C@H](NC(=O)OC(C)(C)C)c3ccccc3)CC2)nc1. The summed E-state index contributed by atoms with van der Waals surface area (Å²) >= 11 is 0. The third kappa shape index (κ3) is 14.5. The summed E-state index contributed by atoms with van der Waals surface area (Å²) in [5, 5.41) is 83.3. The number of alkyl carbamates (subject to hydrolysis) is 1. The first kappa shape index (κ1) is 73.9. The number of aliphatic hydroxyl groups excluding tert-OH is 2. The number of rotatable bonds is 18. The molecule has 9 rings (SSSR count). The van der Waals surface area contributed by atoms with Crippen LogP contribution >= 0.6 is 0 Å². The highest BCUT2D eigenvalue weighted by atomic mass is 16.6. The van der Waals surface area contributed by atoms with Gasteiger partial charge in [0.05, 0.1) is 53.5 Å². The van der Waals surface area contributed by atoms with Gasteiger partial charge in [-0.15, -0.1) is 0 Å². The number of aliphatic hydroxyl groups is 3. The van der Waals surface area contributed by atoms with Crippen molar-refractivity contribution >= 4 is 70.7 Å². The first-order valence-corrected chi connectivity index (χ1v) is 33.1. The summed E-state index contributed by atoms with van der Waals surface area (Å²) in [6.45, 7) is 17.4. The van der Waals surface area contributed by atoms with E-state index in [9.17, 15) is 54.3 Å². The van der Waals surface area contributed by atoms with E-state index in [0.717, 1.165) is 17.9 Å². The van der Waals surface area contributed by atoms with Crippen LogP contribution < -0.4 is 20.4 Å². The number of piperidine rings is 1. The minimum atomic E-state index is -2.51. The molecule has 3 aliphatic carbocycles. The normalized spacial score (nSPS) is 25.5. The number of anilines is 2. The monoisotopic (exact) mass is 1370 g/mol. The lowest BCUT2D eigenvalue weighted by molar-refractivity contribution is -0.346. The van der Waals surface area contributed by atoms with Crippen molar-refractivity contribution in [3.05, 3.63) is 125 Å². The van der Waals surface area contributed by atoms with Gasteiger partial charge in [-0.3, -0.25) is 39.7 Å². The number of nitrogens with one attached hydrogen (secondary N) is 4. The Morgan fingerprint density at radius 3 is 2.11 bits per heavy atom. The van der Waals surface area contributed by atoms with E-state index in [-0.39, 0.29) is 83.9 Å². The molecule has 0 radical (unpaired) electrons.